The van der Waals surface area contributed by atoms with Gasteiger partial charge in [-0.3, -0.25) is 4.79 Å². The van der Waals surface area contributed by atoms with Crippen LogP contribution in [0, 0.1) is 0 Å². The summed E-state index contributed by atoms with van der Waals surface area (Å²) in [6, 6.07) is 8.82. The minimum Gasteiger partial charge on any atom is -0.399 e. The molecule has 0 atom stereocenters. The van der Waals surface area contributed by atoms with Gasteiger partial charge in [0.05, 0.1) is 5.75 Å². The molecular weight excluding hydrogens is 316 g/mol. The van der Waals surface area contributed by atoms with Crippen LogP contribution in [0.15, 0.2) is 29.2 Å². The van der Waals surface area contributed by atoms with Gasteiger partial charge in [0.15, 0.2) is 0 Å². The molecule has 0 heterocycles. The highest BCUT2D eigenvalue weighted by atomic mass is 32.2. The molecule has 24 heavy (non-hydrogen) atoms. The van der Waals surface area contributed by atoms with Crippen molar-refractivity contribution >= 4 is 23.4 Å². The molecule has 2 saturated carbocycles. The molecule has 1 aromatic carbocycles. The molecule has 0 radical (unpaired) electrons. The van der Waals surface area contributed by atoms with Crippen LogP contribution in [0.5, 0.6) is 0 Å². The molecule has 0 spiro atoms. The second-order valence-corrected chi connectivity index (χ2v) is 8.29. The Morgan fingerprint density at radius 2 is 1.58 bits per heavy atom. The molecular formula is C20H30N2OS. The number of rotatable bonds is 5. The van der Waals surface area contributed by atoms with Gasteiger partial charge in [-0.2, -0.15) is 0 Å². The molecule has 2 N–H and O–H groups in total. The maximum absolute atomic E-state index is 13.1. The summed E-state index contributed by atoms with van der Waals surface area (Å²) < 4.78 is 0. The van der Waals surface area contributed by atoms with E-state index in [-0.39, 0.29) is 0 Å². The van der Waals surface area contributed by atoms with E-state index < -0.39 is 0 Å². The molecule has 0 unspecified atom stereocenters. The van der Waals surface area contributed by atoms with E-state index in [4.69, 9.17) is 5.73 Å². The van der Waals surface area contributed by atoms with E-state index in [2.05, 4.69) is 4.90 Å². The lowest BCUT2D eigenvalue weighted by Gasteiger charge is -2.41. The molecule has 0 saturated heterocycles. The topological polar surface area (TPSA) is 46.3 Å². The maximum Gasteiger partial charge on any atom is 0.233 e. The normalized spacial score (nSPS) is 20.0. The van der Waals surface area contributed by atoms with Gasteiger partial charge in [0.1, 0.15) is 0 Å². The average Bonchev–Trinajstić information content (AvgIpc) is 2.62. The average molecular weight is 347 g/mol. The summed E-state index contributed by atoms with van der Waals surface area (Å²) in [7, 11) is 0. The minimum absolute atomic E-state index is 0.334. The standard InChI is InChI=1S/C20H30N2OS/c21-16-8-7-13-19(14-16)24-15-20(23)22(17-9-3-1-4-10-17)18-11-5-2-6-12-18/h7-8,13-14,17-18H,1-6,9-12,15,21H2. The Morgan fingerprint density at radius 3 is 2.12 bits per heavy atom. The van der Waals surface area contributed by atoms with Crippen LogP contribution in [0.25, 0.3) is 0 Å². The van der Waals surface area contributed by atoms with Crippen LogP contribution in [-0.2, 0) is 4.79 Å². The Labute approximate surface area is 150 Å². The van der Waals surface area contributed by atoms with Crippen LogP contribution < -0.4 is 5.73 Å². The van der Waals surface area contributed by atoms with Crippen molar-refractivity contribution in [1.82, 2.24) is 4.90 Å². The van der Waals surface area contributed by atoms with Gasteiger partial charge in [-0.05, 0) is 43.9 Å². The highest BCUT2D eigenvalue weighted by Gasteiger charge is 2.32. The van der Waals surface area contributed by atoms with E-state index in [1.165, 1.54) is 64.2 Å². The number of nitrogens with two attached hydrogens (primary N) is 1. The SMILES string of the molecule is Nc1cccc(SCC(=O)N(C2CCCCC2)C2CCCCC2)c1. The number of anilines is 1. The first-order valence-corrected chi connectivity index (χ1v) is 10.5. The number of nitrogens with zero attached hydrogens (tertiary/aromatic N) is 1. The maximum atomic E-state index is 13.1. The van der Waals surface area contributed by atoms with E-state index >= 15 is 0 Å². The van der Waals surface area contributed by atoms with Crippen LogP contribution in [-0.4, -0.2) is 28.6 Å². The van der Waals surface area contributed by atoms with E-state index in [0.717, 1.165) is 10.6 Å². The molecule has 2 fully saturated rings. The van der Waals surface area contributed by atoms with Crippen LogP contribution >= 0.6 is 11.8 Å². The summed E-state index contributed by atoms with van der Waals surface area (Å²) in [4.78, 5) is 16.5. The Morgan fingerprint density at radius 1 is 1.00 bits per heavy atom. The highest BCUT2D eigenvalue weighted by Crippen LogP contribution is 2.31. The number of thioether (sulfide) groups is 1. The molecule has 4 heteroatoms. The molecule has 0 aromatic heterocycles. The summed E-state index contributed by atoms with van der Waals surface area (Å²) in [6.07, 6.45) is 12.6. The zero-order chi connectivity index (χ0) is 16.8. The Kier molecular flexibility index (Phi) is 6.47. The van der Waals surface area contributed by atoms with Crippen molar-refractivity contribution < 1.29 is 4.79 Å². The lowest BCUT2D eigenvalue weighted by molar-refractivity contribution is -0.135. The van der Waals surface area contributed by atoms with Crippen molar-refractivity contribution in [3.05, 3.63) is 24.3 Å². The Balaban J connectivity index is 1.65. The van der Waals surface area contributed by atoms with Gasteiger partial charge in [0, 0.05) is 22.7 Å². The van der Waals surface area contributed by atoms with Crippen molar-refractivity contribution in [3.8, 4) is 0 Å². The molecule has 132 valence electrons. The first kappa shape index (κ1) is 17.7. The molecule has 0 aliphatic heterocycles. The Bertz CT molecular complexity index is 518. The minimum atomic E-state index is 0.334. The number of nitrogen functional groups attached to an aromatic ring is 1. The smallest absolute Gasteiger partial charge is 0.233 e. The van der Waals surface area contributed by atoms with Gasteiger partial charge < -0.3 is 10.6 Å². The second kappa shape index (κ2) is 8.80. The summed E-state index contributed by atoms with van der Waals surface area (Å²) in [5.74, 6) is 0.873. The quantitative estimate of drug-likeness (QED) is 0.612. The first-order valence-electron chi connectivity index (χ1n) is 9.53. The second-order valence-electron chi connectivity index (χ2n) is 7.25. The molecule has 3 nitrogen and oxygen atoms in total. The Hall–Kier alpha value is -1.16. The summed E-state index contributed by atoms with van der Waals surface area (Å²) in [5, 5.41) is 0. The third kappa shape index (κ3) is 4.69. The third-order valence-electron chi connectivity index (χ3n) is 5.44. The van der Waals surface area contributed by atoms with Crippen molar-refractivity contribution in [2.75, 3.05) is 11.5 Å². The molecule has 2 aliphatic carbocycles. The van der Waals surface area contributed by atoms with Crippen molar-refractivity contribution in [2.24, 2.45) is 0 Å². The molecule has 0 bridgehead atoms. The zero-order valence-corrected chi connectivity index (χ0v) is 15.4. The predicted molar refractivity (Wildman–Crippen MR) is 102 cm³/mol. The third-order valence-corrected chi connectivity index (χ3v) is 6.42. The fraction of sp³-hybridized carbons (Fsp3) is 0.650. The first-order chi connectivity index (χ1) is 11.7. The van der Waals surface area contributed by atoms with Gasteiger partial charge in [0.25, 0.3) is 0 Å². The van der Waals surface area contributed by atoms with Crippen molar-refractivity contribution in [3.63, 3.8) is 0 Å². The number of carbonyl (C=O) groups excluding carboxylic acids is 1. The number of hydrogen-bond donors (Lipinski definition) is 1. The van der Waals surface area contributed by atoms with Gasteiger partial charge in [0.2, 0.25) is 5.91 Å². The molecule has 1 amide bonds. The summed E-state index contributed by atoms with van der Waals surface area (Å²) in [6.45, 7) is 0. The van der Waals surface area contributed by atoms with Gasteiger partial charge in [-0.25, -0.2) is 0 Å². The summed E-state index contributed by atoms with van der Waals surface area (Å²) >= 11 is 1.63. The van der Waals surface area contributed by atoms with Crippen LogP contribution in [0.2, 0.25) is 0 Å². The number of benzene rings is 1. The molecule has 1 aromatic rings. The van der Waals surface area contributed by atoms with Gasteiger partial charge in [-0.1, -0.05) is 44.6 Å². The lowest BCUT2D eigenvalue weighted by atomic mass is 9.88. The zero-order valence-electron chi connectivity index (χ0n) is 14.6. The number of carbonyl (C=O) groups is 1. The fourth-order valence-corrected chi connectivity index (χ4v) is 5.08. The van der Waals surface area contributed by atoms with Gasteiger partial charge in [-0.15, -0.1) is 11.8 Å². The molecule has 2 aliphatic rings. The van der Waals surface area contributed by atoms with E-state index in [0.29, 0.717) is 23.7 Å². The van der Waals surface area contributed by atoms with Crippen LogP contribution in [0.1, 0.15) is 64.2 Å². The fourth-order valence-electron chi connectivity index (χ4n) is 4.25. The van der Waals surface area contributed by atoms with Crippen LogP contribution in [0.3, 0.4) is 0 Å². The molecule has 3 rings (SSSR count). The van der Waals surface area contributed by atoms with Crippen molar-refractivity contribution in [1.29, 1.82) is 0 Å². The largest absolute Gasteiger partial charge is 0.399 e. The van der Waals surface area contributed by atoms with E-state index in [1.807, 2.05) is 24.3 Å². The predicted octanol–water partition coefficient (Wildman–Crippen LogP) is 4.85. The highest BCUT2D eigenvalue weighted by molar-refractivity contribution is 8.00. The lowest BCUT2D eigenvalue weighted by Crippen LogP contribution is -2.49. The van der Waals surface area contributed by atoms with Crippen molar-refractivity contribution in [2.45, 2.75) is 81.2 Å². The summed E-state index contributed by atoms with van der Waals surface area (Å²) in [5.41, 5.74) is 6.62. The van der Waals surface area contributed by atoms with E-state index in [9.17, 15) is 4.79 Å². The van der Waals surface area contributed by atoms with Gasteiger partial charge >= 0.3 is 0 Å². The monoisotopic (exact) mass is 346 g/mol. The number of amides is 1. The van der Waals surface area contributed by atoms with E-state index in [1.54, 1.807) is 11.8 Å². The van der Waals surface area contributed by atoms with Crippen LogP contribution in [0.4, 0.5) is 5.69 Å². The number of hydrogen-bond acceptors (Lipinski definition) is 3.